The Kier molecular flexibility index (Phi) is 4.89. The lowest BCUT2D eigenvalue weighted by molar-refractivity contribution is 0.103. The zero-order chi connectivity index (χ0) is 14.0. The van der Waals surface area contributed by atoms with Crippen LogP contribution in [0.3, 0.4) is 0 Å². The van der Waals surface area contributed by atoms with Gasteiger partial charge in [0.15, 0.2) is 5.75 Å². The highest BCUT2D eigenvalue weighted by Gasteiger charge is 2.14. The van der Waals surface area contributed by atoms with E-state index < -0.39 is 0 Å². The molecule has 0 saturated heterocycles. The third kappa shape index (κ3) is 3.51. The van der Waals surface area contributed by atoms with E-state index in [0.717, 1.165) is 3.79 Å². The van der Waals surface area contributed by atoms with Gasteiger partial charge in [-0.05, 0) is 56.1 Å². The molecule has 0 aliphatic carbocycles. The fourth-order valence-corrected chi connectivity index (χ4v) is 3.73. The Labute approximate surface area is 136 Å². The second kappa shape index (κ2) is 6.26. The first-order valence-corrected chi connectivity index (χ1v) is 7.89. The van der Waals surface area contributed by atoms with E-state index in [1.807, 2.05) is 6.07 Å². The van der Waals surface area contributed by atoms with Gasteiger partial charge < -0.3 is 10.1 Å². The van der Waals surface area contributed by atoms with Crippen molar-refractivity contribution in [2.45, 2.75) is 0 Å². The minimum Gasteiger partial charge on any atom is -0.493 e. The van der Waals surface area contributed by atoms with E-state index in [1.165, 1.54) is 18.4 Å². The summed E-state index contributed by atoms with van der Waals surface area (Å²) in [5.74, 6) is 0.330. The minimum absolute atomic E-state index is 0.205. The number of halogens is 3. The van der Waals surface area contributed by atoms with E-state index in [1.54, 1.807) is 18.2 Å². The van der Waals surface area contributed by atoms with Crippen molar-refractivity contribution in [2.24, 2.45) is 0 Å². The maximum absolute atomic E-state index is 12.1. The number of hydrogen-bond donors (Lipinski definition) is 1. The normalized spacial score (nSPS) is 10.3. The van der Waals surface area contributed by atoms with Crippen molar-refractivity contribution in [3.8, 4) is 5.75 Å². The molecular weight excluding hydrogens is 417 g/mol. The molecule has 2 aromatic rings. The molecule has 1 amide bonds. The van der Waals surface area contributed by atoms with Crippen molar-refractivity contribution in [3.05, 3.63) is 42.4 Å². The fourth-order valence-electron chi connectivity index (χ4n) is 1.48. The molecule has 1 aromatic carbocycles. The quantitative estimate of drug-likeness (QED) is 0.735. The summed E-state index contributed by atoms with van der Waals surface area (Å²) in [5, 5.41) is 3.29. The topological polar surface area (TPSA) is 38.3 Å². The van der Waals surface area contributed by atoms with Gasteiger partial charge in [-0.25, -0.2) is 0 Å². The van der Waals surface area contributed by atoms with E-state index in [4.69, 9.17) is 16.3 Å². The van der Waals surface area contributed by atoms with Crippen LogP contribution >= 0.6 is 54.8 Å². The molecule has 0 spiro atoms. The van der Waals surface area contributed by atoms with Crippen molar-refractivity contribution in [2.75, 3.05) is 12.4 Å². The Morgan fingerprint density at radius 1 is 1.37 bits per heavy atom. The summed E-state index contributed by atoms with van der Waals surface area (Å²) in [7, 11) is 1.53. The summed E-state index contributed by atoms with van der Waals surface area (Å²) in [6.45, 7) is 0. The van der Waals surface area contributed by atoms with E-state index in [9.17, 15) is 4.79 Å². The molecule has 100 valence electrons. The molecule has 0 bridgehead atoms. The van der Waals surface area contributed by atoms with E-state index >= 15 is 0 Å². The molecule has 0 aliphatic heterocycles. The van der Waals surface area contributed by atoms with Crippen LogP contribution in [0, 0.1) is 0 Å². The lowest BCUT2D eigenvalue weighted by atomic mass is 10.3. The van der Waals surface area contributed by atoms with Gasteiger partial charge in [0.1, 0.15) is 0 Å². The van der Waals surface area contributed by atoms with Crippen LogP contribution in [0.1, 0.15) is 9.67 Å². The van der Waals surface area contributed by atoms with Crippen LogP contribution < -0.4 is 10.1 Å². The molecule has 0 unspecified atom stereocenters. The van der Waals surface area contributed by atoms with E-state index in [2.05, 4.69) is 37.2 Å². The Hall–Kier alpha value is -0.560. The van der Waals surface area contributed by atoms with E-state index in [0.29, 0.717) is 25.8 Å². The summed E-state index contributed by atoms with van der Waals surface area (Å²) in [5.41, 5.74) is 0.524. The maximum atomic E-state index is 12.1. The SMILES string of the molecule is COc1c(Br)cc(Cl)cc1NC(=O)c1ccc(Br)s1. The number of hydrogen-bond acceptors (Lipinski definition) is 3. The van der Waals surface area contributed by atoms with Gasteiger partial charge in [0.25, 0.3) is 5.91 Å². The first-order valence-electron chi connectivity index (χ1n) is 5.11. The first kappa shape index (κ1) is 14.8. The Morgan fingerprint density at radius 2 is 2.11 bits per heavy atom. The molecule has 3 nitrogen and oxygen atoms in total. The third-order valence-corrected chi connectivity index (χ3v) is 4.69. The number of rotatable bonds is 3. The predicted octanol–water partition coefficient (Wildman–Crippen LogP) is 5.19. The average Bonchev–Trinajstić information content (AvgIpc) is 2.75. The van der Waals surface area contributed by atoms with Crippen LogP contribution in [0.25, 0.3) is 0 Å². The van der Waals surface area contributed by atoms with Gasteiger partial charge in [0, 0.05) is 5.02 Å². The van der Waals surface area contributed by atoms with Crippen molar-refractivity contribution in [1.82, 2.24) is 0 Å². The van der Waals surface area contributed by atoms with Gasteiger partial charge in [-0.3, -0.25) is 4.79 Å². The second-order valence-electron chi connectivity index (χ2n) is 3.53. The smallest absolute Gasteiger partial charge is 0.265 e. The monoisotopic (exact) mass is 423 g/mol. The number of ether oxygens (including phenoxy) is 1. The summed E-state index contributed by atoms with van der Waals surface area (Å²) < 4.78 is 6.83. The third-order valence-electron chi connectivity index (χ3n) is 2.26. The molecule has 0 aliphatic rings. The number of amides is 1. The number of carbonyl (C=O) groups is 1. The molecule has 7 heteroatoms. The van der Waals surface area contributed by atoms with Gasteiger partial charge in [-0.2, -0.15) is 0 Å². The number of nitrogens with one attached hydrogen (secondary N) is 1. The van der Waals surface area contributed by atoms with Crippen molar-refractivity contribution < 1.29 is 9.53 Å². The molecule has 0 saturated carbocycles. The molecule has 0 fully saturated rings. The molecular formula is C12H8Br2ClNO2S. The van der Waals surface area contributed by atoms with Crippen LogP contribution in [0.5, 0.6) is 5.75 Å². The Morgan fingerprint density at radius 3 is 2.68 bits per heavy atom. The molecule has 1 N–H and O–H groups in total. The highest BCUT2D eigenvalue weighted by Crippen LogP contribution is 2.36. The first-order chi connectivity index (χ1) is 9.01. The lowest BCUT2D eigenvalue weighted by Gasteiger charge is -2.11. The molecule has 1 heterocycles. The van der Waals surface area contributed by atoms with Crippen LogP contribution in [-0.2, 0) is 0 Å². The largest absolute Gasteiger partial charge is 0.493 e. The summed E-state index contributed by atoms with van der Waals surface area (Å²) in [4.78, 5) is 12.7. The molecule has 0 atom stereocenters. The fraction of sp³-hybridized carbons (Fsp3) is 0.0833. The van der Waals surface area contributed by atoms with Crippen LogP contribution in [0.15, 0.2) is 32.5 Å². The maximum Gasteiger partial charge on any atom is 0.265 e. The van der Waals surface area contributed by atoms with Gasteiger partial charge in [0.2, 0.25) is 0 Å². The molecule has 19 heavy (non-hydrogen) atoms. The van der Waals surface area contributed by atoms with Crippen LogP contribution in [-0.4, -0.2) is 13.0 Å². The molecule has 2 rings (SSSR count). The van der Waals surface area contributed by atoms with Crippen molar-refractivity contribution in [1.29, 1.82) is 0 Å². The van der Waals surface area contributed by atoms with Gasteiger partial charge in [-0.15, -0.1) is 11.3 Å². The van der Waals surface area contributed by atoms with Crippen LogP contribution in [0.4, 0.5) is 5.69 Å². The zero-order valence-corrected chi connectivity index (χ0v) is 14.4. The Bertz CT molecular complexity index is 630. The standard InChI is InChI=1S/C12H8Br2ClNO2S/c1-18-11-7(13)4-6(15)5-8(11)16-12(17)9-2-3-10(14)19-9/h2-5H,1H3,(H,16,17). The number of anilines is 1. The Balaban J connectivity index is 2.30. The lowest BCUT2D eigenvalue weighted by Crippen LogP contribution is -2.11. The zero-order valence-electron chi connectivity index (χ0n) is 9.67. The van der Waals surface area contributed by atoms with Crippen LogP contribution in [0.2, 0.25) is 5.02 Å². The highest BCUT2D eigenvalue weighted by molar-refractivity contribution is 9.11. The number of carbonyl (C=O) groups excluding carboxylic acids is 1. The predicted molar refractivity (Wildman–Crippen MR) is 85.7 cm³/mol. The van der Waals surface area contributed by atoms with E-state index in [-0.39, 0.29) is 5.91 Å². The van der Waals surface area contributed by atoms with Crippen molar-refractivity contribution in [3.63, 3.8) is 0 Å². The summed E-state index contributed by atoms with van der Waals surface area (Å²) >= 11 is 14.0. The number of methoxy groups -OCH3 is 1. The van der Waals surface area contributed by atoms with Gasteiger partial charge in [0.05, 0.1) is 25.9 Å². The molecule has 0 radical (unpaired) electrons. The number of thiophene rings is 1. The summed E-state index contributed by atoms with van der Waals surface area (Å²) in [6, 6.07) is 6.92. The summed E-state index contributed by atoms with van der Waals surface area (Å²) in [6.07, 6.45) is 0. The minimum atomic E-state index is -0.205. The van der Waals surface area contributed by atoms with Gasteiger partial charge in [-0.1, -0.05) is 11.6 Å². The number of benzene rings is 1. The average molecular weight is 426 g/mol. The molecule has 1 aromatic heterocycles. The highest BCUT2D eigenvalue weighted by atomic mass is 79.9. The van der Waals surface area contributed by atoms with Gasteiger partial charge >= 0.3 is 0 Å². The van der Waals surface area contributed by atoms with Crippen molar-refractivity contribution >= 4 is 66.4 Å². The second-order valence-corrected chi connectivity index (χ2v) is 7.28.